The van der Waals surface area contributed by atoms with Crippen LogP contribution in [0.3, 0.4) is 0 Å². The van der Waals surface area contributed by atoms with Crippen molar-refractivity contribution in [1.82, 2.24) is 9.97 Å². The van der Waals surface area contributed by atoms with Gasteiger partial charge in [0.05, 0.1) is 23.9 Å². The minimum Gasteiger partial charge on any atom is -0.465 e. The number of aromatic amines is 1. The van der Waals surface area contributed by atoms with Crippen molar-refractivity contribution in [3.05, 3.63) is 51.0 Å². The molecule has 26 heavy (non-hydrogen) atoms. The molecule has 2 aromatic rings. The lowest BCUT2D eigenvalue weighted by Gasteiger charge is -2.35. The number of hydrogen-bond donors (Lipinski definition) is 2. The number of fused-ring (bicyclic) bond motifs is 1. The van der Waals surface area contributed by atoms with Gasteiger partial charge >= 0.3 is 5.97 Å². The number of benzene rings is 1. The molecule has 0 radical (unpaired) electrons. The highest BCUT2D eigenvalue weighted by atomic mass is 35.5. The molecular weight excluding hydrogens is 360 g/mol. The van der Waals surface area contributed by atoms with Crippen molar-refractivity contribution in [1.29, 1.82) is 0 Å². The number of esters is 1. The van der Waals surface area contributed by atoms with Crippen LogP contribution in [-0.2, 0) is 14.3 Å². The standard InChI is InChI=1S/C17H17ClN4O4/c1-3-26-17(25)12-13(19)11-14(20-8(2)21-15(11)23)22(16(12)24)10-6-4-9(18)5-7-10/h4-7,12-13H,3,19H2,1-2H3,(H,20,21,23). The van der Waals surface area contributed by atoms with Crippen LogP contribution in [0.1, 0.15) is 24.4 Å². The molecule has 136 valence electrons. The Morgan fingerprint density at radius 1 is 1.35 bits per heavy atom. The fourth-order valence-corrected chi connectivity index (χ4v) is 3.06. The minimum atomic E-state index is -1.34. The number of halogens is 1. The van der Waals surface area contributed by atoms with Gasteiger partial charge in [-0.2, -0.15) is 0 Å². The van der Waals surface area contributed by atoms with E-state index >= 15 is 0 Å². The van der Waals surface area contributed by atoms with E-state index in [0.717, 1.165) is 0 Å². The number of rotatable bonds is 3. The van der Waals surface area contributed by atoms with E-state index in [1.54, 1.807) is 38.1 Å². The van der Waals surface area contributed by atoms with Crippen LogP contribution in [0.4, 0.5) is 11.5 Å². The molecular formula is C17H17ClN4O4. The third-order valence-corrected chi connectivity index (χ3v) is 4.32. The molecule has 0 bridgehead atoms. The maximum atomic E-state index is 13.1. The second-order valence-corrected chi connectivity index (χ2v) is 6.23. The van der Waals surface area contributed by atoms with Gasteiger partial charge in [-0.3, -0.25) is 19.3 Å². The van der Waals surface area contributed by atoms with Crippen molar-refractivity contribution in [2.24, 2.45) is 11.7 Å². The molecule has 8 nitrogen and oxygen atoms in total. The summed E-state index contributed by atoms with van der Waals surface area (Å²) < 4.78 is 4.98. The fourth-order valence-electron chi connectivity index (χ4n) is 2.93. The molecule has 0 aliphatic carbocycles. The Morgan fingerprint density at radius 2 is 2.00 bits per heavy atom. The maximum absolute atomic E-state index is 13.1. The summed E-state index contributed by atoms with van der Waals surface area (Å²) in [7, 11) is 0. The van der Waals surface area contributed by atoms with Gasteiger partial charge < -0.3 is 15.5 Å². The third kappa shape index (κ3) is 2.97. The lowest BCUT2D eigenvalue weighted by molar-refractivity contribution is -0.152. The van der Waals surface area contributed by atoms with Gasteiger partial charge in [-0.25, -0.2) is 4.98 Å². The van der Waals surface area contributed by atoms with Crippen molar-refractivity contribution in [2.75, 3.05) is 11.5 Å². The number of nitrogens with two attached hydrogens (primary N) is 1. The number of carbonyl (C=O) groups excluding carboxylic acids is 2. The Balaban J connectivity index is 2.23. The number of carbonyl (C=O) groups is 2. The van der Waals surface area contributed by atoms with Gasteiger partial charge in [0.2, 0.25) is 5.91 Å². The summed E-state index contributed by atoms with van der Waals surface area (Å²) >= 11 is 5.91. The normalized spacial score (nSPS) is 19.2. The van der Waals surface area contributed by atoms with Crippen molar-refractivity contribution >= 4 is 35.0 Å². The van der Waals surface area contributed by atoms with Crippen LogP contribution in [0, 0.1) is 12.8 Å². The van der Waals surface area contributed by atoms with Crippen LogP contribution < -0.4 is 16.2 Å². The predicted molar refractivity (Wildman–Crippen MR) is 95.2 cm³/mol. The van der Waals surface area contributed by atoms with Gasteiger partial charge in [-0.1, -0.05) is 11.6 Å². The summed E-state index contributed by atoms with van der Waals surface area (Å²) in [4.78, 5) is 45.9. The van der Waals surface area contributed by atoms with Crippen LogP contribution in [0.15, 0.2) is 29.1 Å². The van der Waals surface area contributed by atoms with E-state index in [2.05, 4.69) is 9.97 Å². The first-order valence-electron chi connectivity index (χ1n) is 7.97. The van der Waals surface area contributed by atoms with Gasteiger partial charge in [-0.15, -0.1) is 0 Å². The second-order valence-electron chi connectivity index (χ2n) is 5.79. The zero-order valence-electron chi connectivity index (χ0n) is 14.2. The average Bonchev–Trinajstić information content (AvgIpc) is 2.56. The quantitative estimate of drug-likeness (QED) is 0.620. The predicted octanol–water partition coefficient (Wildman–Crippen LogP) is 1.59. The van der Waals surface area contributed by atoms with Crippen molar-refractivity contribution in [3.8, 4) is 0 Å². The monoisotopic (exact) mass is 376 g/mol. The smallest absolute Gasteiger partial charge is 0.320 e. The molecule has 1 aromatic carbocycles. The topological polar surface area (TPSA) is 118 Å². The molecule has 2 unspecified atom stereocenters. The lowest BCUT2D eigenvalue weighted by Crippen LogP contribution is -2.50. The van der Waals surface area contributed by atoms with Gasteiger partial charge in [0.1, 0.15) is 5.82 Å². The highest BCUT2D eigenvalue weighted by molar-refractivity contribution is 6.30. The van der Waals surface area contributed by atoms with Crippen molar-refractivity contribution in [3.63, 3.8) is 0 Å². The molecule has 2 heterocycles. The Labute approximate surface area is 153 Å². The first-order valence-corrected chi connectivity index (χ1v) is 8.35. The van der Waals surface area contributed by atoms with E-state index in [1.807, 2.05) is 0 Å². The molecule has 0 saturated carbocycles. The number of aryl methyl sites for hydroxylation is 1. The third-order valence-electron chi connectivity index (χ3n) is 4.07. The van der Waals surface area contributed by atoms with Crippen LogP contribution in [0.25, 0.3) is 0 Å². The van der Waals surface area contributed by atoms with Gasteiger partial charge in [0.15, 0.2) is 11.7 Å². The molecule has 0 fully saturated rings. The van der Waals surface area contributed by atoms with E-state index < -0.39 is 29.4 Å². The molecule has 1 aromatic heterocycles. The van der Waals surface area contributed by atoms with Crippen molar-refractivity contribution < 1.29 is 14.3 Å². The Bertz CT molecular complexity index is 925. The minimum absolute atomic E-state index is 0.0585. The van der Waals surface area contributed by atoms with E-state index in [9.17, 15) is 14.4 Å². The molecule has 0 spiro atoms. The Kier molecular flexibility index (Phi) is 4.80. The summed E-state index contributed by atoms with van der Waals surface area (Å²) in [6.07, 6.45) is 0. The van der Waals surface area contributed by atoms with Gasteiger partial charge in [0.25, 0.3) is 5.56 Å². The zero-order valence-corrected chi connectivity index (χ0v) is 14.9. The number of ether oxygens (including phenoxy) is 1. The molecule has 9 heteroatoms. The summed E-state index contributed by atoms with van der Waals surface area (Å²) in [6, 6.07) is 5.23. The van der Waals surface area contributed by atoms with Gasteiger partial charge in [-0.05, 0) is 38.1 Å². The molecule has 0 saturated heterocycles. The molecule has 2 atom stereocenters. The Hall–Kier alpha value is -2.71. The fraction of sp³-hybridized carbons (Fsp3) is 0.294. The number of aromatic nitrogens is 2. The van der Waals surface area contributed by atoms with E-state index in [4.69, 9.17) is 22.1 Å². The first kappa shape index (κ1) is 18.1. The largest absolute Gasteiger partial charge is 0.465 e. The molecule has 1 aliphatic rings. The number of nitrogens with one attached hydrogen (secondary N) is 1. The SMILES string of the molecule is CCOC(=O)C1C(=O)N(c2ccc(Cl)cc2)c2nc(C)[nH]c(=O)c2C1N. The number of hydrogen-bond acceptors (Lipinski definition) is 6. The van der Waals surface area contributed by atoms with Crippen LogP contribution >= 0.6 is 11.6 Å². The number of nitrogens with zero attached hydrogens (tertiary/aromatic N) is 2. The maximum Gasteiger partial charge on any atom is 0.320 e. The van der Waals surface area contributed by atoms with Crippen LogP contribution in [-0.4, -0.2) is 28.5 Å². The summed E-state index contributed by atoms with van der Waals surface area (Å²) in [5, 5.41) is 0.479. The molecule has 3 rings (SSSR count). The average molecular weight is 377 g/mol. The lowest BCUT2D eigenvalue weighted by atomic mass is 9.89. The highest BCUT2D eigenvalue weighted by Crippen LogP contribution is 2.38. The Morgan fingerprint density at radius 3 is 2.62 bits per heavy atom. The number of anilines is 2. The second kappa shape index (κ2) is 6.89. The highest BCUT2D eigenvalue weighted by Gasteiger charge is 2.46. The molecule has 3 N–H and O–H groups in total. The first-order chi connectivity index (χ1) is 12.3. The van der Waals surface area contributed by atoms with Crippen LogP contribution in [0.2, 0.25) is 5.02 Å². The van der Waals surface area contributed by atoms with Gasteiger partial charge in [0, 0.05) is 5.02 Å². The van der Waals surface area contributed by atoms with E-state index in [1.165, 1.54) is 4.90 Å². The summed E-state index contributed by atoms with van der Waals surface area (Å²) in [5.74, 6) is -2.31. The van der Waals surface area contributed by atoms with E-state index in [-0.39, 0.29) is 18.0 Å². The number of H-pyrrole nitrogens is 1. The van der Waals surface area contributed by atoms with Crippen molar-refractivity contribution in [2.45, 2.75) is 19.9 Å². The number of amides is 1. The summed E-state index contributed by atoms with van der Waals surface area (Å²) in [6.45, 7) is 3.31. The van der Waals surface area contributed by atoms with E-state index in [0.29, 0.717) is 16.5 Å². The zero-order chi connectivity index (χ0) is 19.0. The van der Waals surface area contributed by atoms with Crippen LogP contribution in [0.5, 0.6) is 0 Å². The molecule has 1 amide bonds. The molecule has 1 aliphatic heterocycles. The summed E-state index contributed by atoms with van der Waals surface area (Å²) in [5.41, 5.74) is 6.07.